The van der Waals surface area contributed by atoms with Gasteiger partial charge in [0.25, 0.3) is 0 Å². The van der Waals surface area contributed by atoms with Crippen LogP contribution in [0.25, 0.3) is 0 Å². The van der Waals surface area contributed by atoms with Crippen LogP contribution < -0.4 is 5.32 Å². The maximum Gasteiger partial charge on any atom is 0.0850 e. The van der Waals surface area contributed by atoms with E-state index >= 15 is 0 Å². The third-order valence-electron chi connectivity index (χ3n) is 3.47. The molecule has 0 radical (unpaired) electrons. The molecule has 1 heterocycles. The minimum absolute atomic E-state index is 0.266. The van der Waals surface area contributed by atoms with Crippen LogP contribution in [0.15, 0.2) is 24.3 Å². The van der Waals surface area contributed by atoms with Crippen molar-refractivity contribution in [3.05, 3.63) is 35.4 Å². The van der Waals surface area contributed by atoms with Gasteiger partial charge in [0.15, 0.2) is 0 Å². The highest BCUT2D eigenvalue weighted by Crippen LogP contribution is 2.31. The zero-order chi connectivity index (χ0) is 11.4. The molecule has 1 fully saturated rings. The topological polar surface area (TPSA) is 21.3 Å². The normalized spacial score (nSPS) is 19.6. The van der Waals surface area contributed by atoms with Gasteiger partial charge < -0.3 is 10.1 Å². The van der Waals surface area contributed by atoms with Crippen LogP contribution in [0.2, 0.25) is 0 Å². The number of benzene rings is 1. The molecule has 16 heavy (non-hydrogen) atoms. The Morgan fingerprint density at radius 1 is 1.19 bits per heavy atom. The van der Waals surface area contributed by atoms with Crippen molar-refractivity contribution in [2.45, 2.75) is 25.9 Å². The quantitative estimate of drug-likeness (QED) is 0.844. The summed E-state index contributed by atoms with van der Waals surface area (Å²) in [6.07, 6.45) is 2.70. The minimum Gasteiger partial charge on any atom is -0.376 e. The SMILES string of the molecule is COC(c1ccc(C)cc1)C1CCNCC1. The van der Waals surface area contributed by atoms with Crippen molar-refractivity contribution in [1.29, 1.82) is 0 Å². The van der Waals surface area contributed by atoms with E-state index in [2.05, 4.69) is 36.5 Å². The van der Waals surface area contributed by atoms with Crippen molar-refractivity contribution in [2.24, 2.45) is 5.92 Å². The molecule has 0 bridgehead atoms. The Morgan fingerprint density at radius 2 is 1.81 bits per heavy atom. The molecule has 1 N–H and O–H groups in total. The van der Waals surface area contributed by atoms with Crippen LogP contribution in [0.4, 0.5) is 0 Å². The molecule has 2 rings (SSSR count). The van der Waals surface area contributed by atoms with E-state index in [1.165, 1.54) is 24.0 Å². The van der Waals surface area contributed by atoms with E-state index in [0.717, 1.165) is 13.1 Å². The van der Waals surface area contributed by atoms with Crippen molar-refractivity contribution >= 4 is 0 Å². The van der Waals surface area contributed by atoms with E-state index in [9.17, 15) is 0 Å². The van der Waals surface area contributed by atoms with E-state index < -0.39 is 0 Å². The highest BCUT2D eigenvalue weighted by molar-refractivity contribution is 5.23. The number of methoxy groups -OCH3 is 1. The lowest BCUT2D eigenvalue weighted by molar-refractivity contribution is 0.0383. The fourth-order valence-corrected chi connectivity index (χ4v) is 2.50. The first-order chi connectivity index (χ1) is 7.81. The fraction of sp³-hybridized carbons (Fsp3) is 0.571. The Kier molecular flexibility index (Phi) is 3.97. The molecule has 1 aliphatic rings. The standard InChI is InChI=1S/C14H21NO/c1-11-3-5-12(6-4-11)14(16-2)13-7-9-15-10-8-13/h3-6,13-15H,7-10H2,1-2H3. The number of ether oxygens (including phenoxy) is 1. The van der Waals surface area contributed by atoms with Crippen LogP contribution in [-0.4, -0.2) is 20.2 Å². The van der Waals surface area contributed by atoms with Crippen molar-refractivity contribution < 1.29 is 4.74 Å². The number of aryl methyl sites for hydroxylation is 1. The summed E-state index contributed by atoms with van der Waals surface area (Å²) in [6, 6.07) is 8.74. The molecule has 1 aliphatic heterocycles. The zero-order valence-corrected chi connectivity index (χ0v) is 10.2. The van der Waals surface area contributed by atoms with Gasteiger partial charge in [0.2, 0.25) is 0 Å². The molecule has 0 amide bonds. The van der Waals surface area contributed by atoms with Gasteiger partial charge in [-0.3, -0.25) is 0 Å². The molecule has 2 heteroatoms. The van der Waals surface area contributed by atoms with Crippen molar-refractivity contribution in [3.63, 3.8) is 0 Å². The summed E-state index contributed by atoms with van der Waals surface area (Å²) in [7, 11) is 1.83. The van der Waals surface area contributed by atoms with E-state index in [1.54, 1.807) is 0 Å². The van der Waals surface area contributed by atoms with Gasteiger partial charge in [-0.1, -0.05) is 29.8 Å². The molecule has 1 atom stereocenters. The Morgan fingerprint density at radius 3 is 2.38 bits per heavy atom. The lowest BCUT2D eigenvalue weighted by atomic mass is 9.88. The molecule has 1 aromatic rings. The maximum atomic E-state index is 5.69. The predicted octanol–water partition coefficient (Wildman–Crippen LogP) is 2.68. The van der Waals surface area contributed by atoms with Gasteiger partial charge in [-0.05, 0) is 44.3 Å². The van der Waals surface area contributed by atoms with Crippen molar-refractivity contribution in [3.8, 4) is 0 Å². The van der Waals surface area contributed by atoms with Gasteiger partial charge in [-0.25, -0.2) is 0 Å². The molecule has 0 aliphatic carbocycles. The second kappa shape index (κ2) is 5.46. The molecule has 2 nitrogen and oxygen atoms in total. The number of hydrogen-bond acceptors (Lipinski definition) is 2. The third kappa shape index (κ3) is 2.63. The number of nitrogens with one attached hydrogen (secondary N) is 1. The Balaban J connectivity index is 2.11. The molecule has 1 aromatic carbocycles. The number of hydrogen-bond donors (Lipinski definition) is 1. The molecular formula is C14H21NO. The summed E-state index contributed by atoms with van der Waals surface area (Å²) in [6.45, 7) is 4.36. The van der Waals surface area contributed by atoms with Gasteiger partial charge in [0.05, 0.1) is 6.10 Å². The Bertz CT molecular complexity index is 314. The maximum absolute atomic E-state index is 5.69. The summed E-state index contributed by atoms with van der Waals surface area (Å²) in [5.41, 5.74) is 2.63. The molecular weight excluding hydrogens is 198 g/mol. The van der Waals surface area contributed by atoms with Crippen LogP contribution in [0.5, 0.6) is 0 Å². The molecule has 0 saturated carbocycles. The Labute approximate surface area is 98.0 Å². The fourth-order valence-electron chi connectivity index (χ4n) is 2.50. The lowest BCUT2D eigenvalue weighted by Gasteiger charge is -2.30. The summed E-state index contributed by atoms with van der Waals surface area (Å²) >= 11 is 0. The van der Waals surface area contributed by atoms with Gasteiger partial charge >= 0.3 is 0 Å². The van der Waals surface area contributed by atoms with E-state index in [4.69, 9.17) is 4.74 Å². The zero-order valence-electron chi connectivity index (χ0n) is 10.2. The minimum atomic E-state index is 0.266. The Hall–Kier alpha value is -0.860. The van der Waals surface area contributed by atoms with Crippen LogP contribution >= 0.6 is 0 Å². The van der Waals surface area contributed by atoms with E-state index in [1.807, 2.05) is 7.11 Å². The predicted molar refractivity (Wildman–Crippen MR) is 66.5 cm³/mol. The second-order valence-corrected chi connectivity index (χ2v) is 4.65. The highest BCUT2D eigenvalue weighted by Gasteiger charge is 2.24. The van der Waals surface area contributed by atoms with Gasteiger partial charge in [0, 0.05) is 7.11 Å². The molecule has 88 valence electrons. The van der Waals surface area contributed by atoms with Crippen LogP contribution in [0.3, 0.4) is 0 Å². The second-order valence-electron chi connectivity index (χ2n) is 4.65. The van der Waals surface area contributed by atoms with Gasteiger partial charge in [-0.15, -0.1) is 0 Å². The average Bonchev–Trinajstić information content (AvgIpc) is 2.34. The largest absolute Gasteiger partial charge is 0.376 e. The monoisotopic (exact) mass is 219 g/mol. The molecule has 1 saturated heterocycles. The first-order valence-corrected chi connectivity index (χ1v) is 6.11. The summed E-state index contributed by atoms with van der Waals surface area (Å²) < 4.78 is 5.69. The average molecular weight is 219 g/mol. The highest BCUT2D eigenvalue weighted by atomic mass is 16.5. The van der Waals surface area contributed by atoms with E-state index in [0.29, 0.717) is 5.92 Å². The molecule has 0 aromatic heterocycles. The number of rotatable bonds is 3. The van der Waals surface area contributed by atoms with Crippen LogP contribution in [0.1, 0.15) is 30.1 Å². The van der Waals surface area contributed by atoms with Crippen LogP contribution in [-0.2, 0) is 4.74 Å². The van der Waals surface area contributed by atoms with Gasteiger partial charge in [0.1, 0.15) is 0 Å². The van der Waals surface area contributed by atoms with Crippen molar-refractivity contribution in [1.82, 2.24) is 5.32 Å². The third-order valence-corrected chi connectivity index (χ3v) is 3.47. The number of piperidine rings is 1. The molecule has 1 unspecified atom stereocenters. The molecule has 0 spiro atoms. The van der Waals surface area contributed by atoms with Crippen LogP contribution in [0, 0.1) is 12.8 Å². The first-order valence-electron chi connectivity index (χ1n) is 6.11. The lowest BCUT2D eigenvalue weighted by Crippen LogP contribution is -2.31. The van der Waals surface area contributed by atoms with Crippen molar-refractivity contribution in [2.75, 3.05) is 20.2 Å². The summed E-state index contributed by atoms with van der Waals surface area (Å²) in [4.78, 5) is 0. The first kappa shape index (κ1) is 11.6. The smallest absolute Gasteiger partial charge is 0.0850 e. The summed E-state index contributed by atoms with van der Waals surface area (Å²) in [5, 5.41) is 3.40. The van der Waals surface area contributed by atoms with Gasteiger partial charge in [-0.2, -0.15) is 0 Å². The van der Waals surface area contributed by atoms with E-state index in [-0.39, 0.29) is 6.10 Å². The summed E-state index contributed by atoms with van der Waals surface area (Å²) in [5.74, 6) is 0.661.